The number of nitrogens with zero attached hydrogens (tertiary/aromatic N) is 3. The van der Waals surface area contributed by atoms with Crippen molar-refractivity contribution < 1.29 is 14.1 Å². The van der Waals surface area contributed by atoms with Gasteiger partial charge in [0.25, 0.3) is 0 Å². The zero-order chi connectivity index (χ0) is 27.5. The highest BCUT2D eigenvalue weighted by atomic mass is 16.5. The minimum Gasteiger partial charge on any atom is -0.339 e. The summed E-state index contributed by atoms with van der Waals surface area (Å²) in [5.74, 6) is 2.03. The number of carbonyl (C=O) groups is 2. The molecule has 0 aliphatic heterocycles. The van der Waals surface area contributed by atoms with Crippen molar-refractivity contribution in [2.75, 3.05) is 0 Å². The summed E-state index contributed by atoms with van der Waals surface area (Å²) in [6.07, 6.45) is 10.9. The average Bonchev–Trinajstić information content (AvgIpc) is 3.29. The smallest absolute Gasteiger partial charge is 0.229 e. The summed E-state index contributed by atoms with van der Waals surface area (Å²) in [5.41, 5.74) is 0.0332. The molecule has 6 rings (SSSR count). The summed E-state index contributed by atoms with van der Waals surface area (Å²) >= 11 is 0. The Morgan fingerprint density at radius 1 is 1.03 bits per heavy atom. The highest BCUT2D eigenvalue weighted by Crippen LogP contribution is 2.74. The maximum atomic E-state index is 14.4. The van der Waals surface area contributed by atoms with Crippen molar-refractivity contribution in [2.45, 2.75) is 99.3 Å². The monoisotopic (exact) mass is 515 g/mol. The zero-order valence-corrected chi connectivity index (χ0v) is 24.0. The van der Waals surface area contributed by atoms with Crippen LogP contribution in [-0.2, 0) is 9.59 Å². The van der Waals surface area contributed by atoms with Crippen LogP contribution in [0.3, 0.4) is 0 Å². The number of nitriles is 1. The Balaban J connectivity index is 1.47. The van der Waals surface area contributed by atoms with E-state index in [9.17, 15) is 14.9 Å². The van der Waals surface area contributed by atoms with E-state index in [0.717, 1.165) is 56.4 Å². The Bertz CT molecular complexity index is 1350. The van der Waals surface area contributed by atoms with Gasteiger partial charge in [0.2, 0.25) is 5.89 Å². The fraction of sp³-hybridized carbons (Fsp3) is 0.719. The third-order valence-corrected chi connectivity index (χ3v) is 12.6. The molecular formula is C32H41N3O3. The van der Waals surface area contributed by atoms with Crippen LogP contribution in [-0.4, -0.2) is 21.7 Å². The molecule has 0 spiro atoms. The van der Waals surface area contributed by atoms with Gasteiger partial charge < -0.3 is 4.52 Å². The lowest BCUT2D eigenvalue weighted by atomic mass is 9.34. The normalized spacial score (nSPS) is 45.5. The molecule has 0 saturated heterocycles. The molecule has 0 amide bonds. The Morgan fingerprint density at radius 3 is 2.42 bits per heavy atom. The van der Waals surface area contributed by atoms with E-state index in [1.807, 2.05) is 32.9 Å². The number of aryl methyl sites for hydroxylation is 1. The van der Waals surface area contributed by atoms with Gasteiger partial charge in [-0.25, -0.2) is 0 Å². The van der Waals surface area contributed by atoms with Crippen molar-refractivity contribution >= 4 is 11.6 Å². The van der Waals surface area contributed by atoms with E-state index < -0.39 is 10.8 Å². The number of rotatable bonds is 1. The molecule has 202 valence electrons. The Kier molecular flexibility index (Phi) is 5.26. The molecule has 6 heteroatoms. The number of hydrogen-bond acceptors (Lipinski definition) is 6. The van der Waals surface area contributed by atoms with E-state index in [0.29, 0.717) is 5.82 Å². The molecule has 0 N–H and O–H groups in total. The van der Waals surface area contributed by atoms with E-state index in [4.69, 9.17) is 4.52 Å². The molecule has 5 aliphatic carbocycles. The molecule has 1 aromatic heterocycles. The fourth-order valence-electron chi connectivity index (χ4n) is 10.3. The van der Waals surface area contributed by atoms with E-state index in [1.165, 1.54) is 0 Å². The minimum absolute atomic E-state index is 0.0559. The first-order valence-corrected chi connectivity index (χ1v) is 14.5. The third-order valence-electron chi connectivity index (χ3n) is 12.6. The molecule has 0 radical (unpaired) electrons. The maximum absolute atomic E-state index is 14.4. The summed E-state index contributed by atoms with van der Waals surface area (Å²) in [7, 11) is 0. The van der Waals surface area contributed by atoms with Crippen LogP contribution in [0.2, 0.25) is 0 Å². The van der Waals surface area contributed by atoms with Crippen molar-refractivity contribution in [3.8, 4) is 6.07 Å². The van der Waals surface area contributed by atoms with Crippen LogP contribution >= 0.6 is 0 Å². The van der Waals surface area contributed by atoms with Gasteiger partial charge in [-0.2, -0.15) is 10.2 Å². The molecule has 1 aromatic rings. The van der Waals surface area contributed by atoms with Gasteiger partial charge in [0.15, 0.2) is 17.4 Å². The van der Waals surface area contributed by atoms with Gasteiger partial charge in [0.05, 0.1) is 5.57 Å². The molecular weight excluding hydrogens is 474 g/mol. The zero-order valence-electron chi connectivity index (χ0n) is 24.0. The maximum Gasteiger partial charge on any atom is 0.229 e. The summed E-state index contributed by atoms with van der Waals surface area (Å²) in [5, 5.41) is 13.9. The molecule has 5 aliphatic rings. The molecule has 0 aromatic carbocycles. The van der Waals surface area contributed by atoms with Gasteiger partial charge in [0.1, 0.15) is 6.07 Å². The van der Waals surface area contributed by atoms with E-state index >= 15 is 0 Å². The quantitative estimate of drug-likeness (QED) is 0.414. The lowest BCUT2D eigenvalue weighted by molar-refractivity contribution is -0.163. The van der Waals surface area contributed by atoms with Gasteiger partial charge in [0, 0.05) is 22.7 Å². The van der Waals surface area contributed by atoms with Crippen molar-refractivity contribution in [1.29, 1.82) is 5.26 Å². The van der Waals surface area contributed by atoms with Crippen molar-refractivity contribution in [2.24, 2.45) is 44.8 Å². The molecule has 0 bridgehead atoms. The summed E-state index contributed by atoms with van der Waals surface area (Å²) < 4.78 is 5.61. The minimum atomic E-state index is -0.637. The largest absolute Gasteiger partial charge is 0.339 e. The van der Waals surface area contributed by atoms with Crippen LogP contribution in [0, 0.1) is 63.1 Å². The molecule has 8 atom stereocenters. The highest BCUT2D eigenvalue weighted by molar-refractivity contribution is 6.04. The topological polar surface area (TPSA) is 96.9 Å². The van der Waals surface area contributed by atoms with Crippen molar-refractivity contribution in [3.63, 3.8) is 0 Å². The molecule has 6 nitrogen and oxygen atoms in total. The predicted octanol–water partition coefficient (Wildman–Crippen LogP) is 6.67. The van der Waals surface area contributed by atoms with Crippen LogP contribution in [0.25, 0.3) is 0 Å². The van der Waals surface area contributed by atoms with E-state index in [2.05, 4.69) is 43.9 Å². The Labute approximate surface area is 226 Å². The van der Waals surface area contributed by atoms with Crippen LogP contribution < -0.4 is 0 Å². The molecule has 3 saturated carbocycles. The summed E-state index contributed by atoms with van der Waals surface area (Å²) in [4.78, 5) is 32.2. The van der Waals surface area contributed by atoms with E-state index in [-0.39, 0.29) is 57.1 Å². The predicted molar refractivity (Wildman–Crippen MR) is 143 cm³/mol. The standard InChI is InChI=1S/C32H41N3O3/c1-18-34-27(38-35-18)19-8-10-29(4)12-13-32(7)25(21(29)14-19)22(36)15-24-30(5)16-20(17-33)26(37)28(2,3)23(30)9-11-31(24,32)6/h15-16,19,21,23,25H,8-14H2,1-7H3/t19?,21?,23-,25?,29?,30?,31?,32+/m0/s1. The molecule has 1 heterocycles. The first kappa shape index (κ1) is 25.7. The van der Waals surface area contributed by atoms with Crippen LogP contribution in [0.4, 0.5) is 0 Å². The average molecular weight is 516 g/mol. The first-order chi connectivity index (χ1) is 17.7. The SMILES string of the molecule is Cc1noc(C2CCC3(C)CC[C@]4(C)C(C(=O)C=C5C6(C)C=C(C#N)C(=O)C(C)(C)[C@@H]6CCC54C)C3C2)n1. The van der Waals surface area contributed by atoms with Crippen LogP contribution in [0.15, 0.2) is 27.8 Å². The third kappa shape index (κ3) is 3.05. The van der Waals surface area contributed by atoms with Gasteiger partial charge >= 0.3 is 0 Å². The van der Waals surface area contributed by atoms with Gasteiger partial charge in [-0.3, -0.25) is 9.59 Å². The number of fused-ring (bicyclic) bond motifs is 7. The van der Waals surface area contributed by atoms with Gasteiger partial charge in [-0.1, -0.05) is 58.3 Å². The fourth-order valence-corrected chi connectivity index (χ4v) is 10.3. The van der Waals surface area contributed by atoms with Crippen molar-refractivity contribution in [1.82, 2.24) is 10.1 Å². The second kappa shape index (κ2) is 7.77. The number of allylic oxidation sites excluding steroid dienone is 4. The van der Waals surface area contributed by atoms with Crippen LogP contribution in [0.5, 0.6) is 0 Å². The summed E-state index contributed by atoms with van der Waals surface area (Å²) in [6.45, 7) is 15.2. The van der Waals surface area contributed by atoms with Gasteiger partial charge in [-0.15, -0.1) is 0 Å². The lowest BCUT2D eigenvalue weighted by Gasteiger charge is -2.68. The highest BCUT2D eigenvalue weighted by Gasteiger charge is 2.69. The van der Waals surface area contributed by atoms with Crippen molar-refractivity contribution in [3.05, 3.63) is 35.0 Å². The second-order valence-electron chi connectivity index (χ2n) is 14.7. The number of carbonyl (C=O) groups excluding carboxylic acids is 2. The van der Waals surface area contributed by atoms with Gasteiger partial charge in [-0.05, 0) is 86.0 Å². The number of aromatic nitrogens is 2. The summed E-state index contributed by atoms with van der Waals surface area (Å²) in [6, 6.07) is 2.20. The van der Waals surface area contributed by atoms with Crippen LogP contribution in [0.1, 0.15) is 104 Å². The molecule has 6 unspecified atom stereocenters. The lowest BCUT2D eigenvalue weighted by Crippen LogP contribution is -2.64. The molecule has 3 fully saturated rings. The number of ketones is 2. The Morgan fingerprint density at radius 2 is 1.76 bits per heavy atom. The van der Waals surface area contributed by atoms with E-state index in [1.54, 1.807) is 0 Å². The molecule has 38 heavy (non-hydrogen) atoms. The number of hydrogen-bond donors (Lipinski definition) is 0. The second-order valence-corrected chi connectivity index (χ2v) is 14.7. The number of Topliss-reactive ketones (excluding diaryl/α,β-unsaturated/α-hetero) is 1. The first-order valence-electron chi connectivity index (χ1n) is 14.5. The Hall–Kier alpha value is -2.55.